The topological polar surface area (TPSA) is 20.9 Å². The molecule has 4 aliphatic heterocycles. The van der Waals surface area contributed by atoms with Gasteiger partial charge in [0.2, 0.25) is 11.4 Å². The molecule has 2 aliphatic carbocycles. The minimum atomic E-state index is 1.07. The summed E-state index contributed by atoms with van der Waals surface area (Å²) in [6.07, 6.45) is 11.0. The zero-order valence-electron chi connectivity index (χ0n) is 34.3. The SMILES string of the molecule is CC1=[N+](C)C2=C(C1)Cc1ccccc12.CC1=[N+](C)C2=C(C1)c1ccccc1C2.CC1=[N+](C)c2c(cc3ccccn23)C1.CC1=[N+](C)c2cc3ccccn3c2C1. The molecule has 0 bridgehead atoms. The largest absolute Gasteiger partial charge is 0.314 e. The molecule has 280 valence electrons. The molecule has 56 heavy (non-hydrogen) atoms. The number of nitrogens with zero attached hydrogens (tertiary/aromatic N) is 6. The van der Waals surface area contributed by atoms with Gasteiger partial charge in [-0.25, -0.2) is 18.3 Å². The van der Waals surface area contributed by atoms with Gasteiger partial charge in [-0.2, -0.15) is 4.40 Å². The molecule has 4 aromatic heterocycles. The second-order valence-corrected chi connectivity index (χ2v) is 16.4. The average molecular weight is 739 g/mol. The van der Waals surface area contributed by atoms with Gasteiger partial charge in [0.05, 0.1) is 55.7 Å². The van der Waals surface area contributed by atoms with Gasteiger partial charge in [-0.3, -0.25) is 0 Å². The van der Waals surface area contributed by atoms with Crippen LogP contribution in [0.25, 0.3) is 22.3 Å². The monoisotopic (exact) mass is 738 g/mol. The van der Waals surface area contributed by atoms with Crippen molar-refractivity contribution in [3.63, 3.8) is 0 Å². The zero-order valence-corrected chi connectivity index (χ0v) is 34.3. The smallest absolute Gasteiger partial charge is 0.290 e. The lowest BCUT2D eigenvalue weighted by atomic mass is 10.0. The Bertz CT molecular complexity index is 2820. The molecule has 0 N–H and O–H groups in total. The lowest BCUT2D eigenvalue weighted by molar-refractivity contribution is -0.441. The van der Waals surface area contributed by atoms with Crippen LogP contribution in [0.2, 0.25) is 0 Å². The molecule has 12 rings (SSSR count). The van der Waals surface area contributed by atoms with Crippen molar-refractivity contribution in [1.29, 1.82) is 0 Å². The number of fused-ring (bicyclic) bond motifs is 10. The van der Waals surface area contributed by atoms with Crippen LogP contribution in [0.15, 0.2) is 121 Å². The maximum atomic E-state index is 2.36. The van der Waals surface area contributed by atoms with Gasteiger partial charge >= 0.3 is 0 Å². The molecule has 0 atom stereocenters. The molecule has 0 saturated carbocycles. The molecule has 6 heteroatoms. The number of likely N-dealkylation sites (N-methyl/N-ethyl adjacent to an activating group) is 1. The molecule has 0 radical (unpaired) electrons. The highest BCUT2D eigenvalue weighted by Crippen LogP contribution is 2.39. The highest BCUT2D eigenvalue weighted by atomic mass is 15.1. The van der Waals surface area contributed by atoms with E-state index in [4.69, 9.17) is 0 Å². The Balaban J connectivity index is 0.0000000975. The number of aromatic nitrogens is 2. The van der Waals surface area contributed by atoms with Crippen molar-refractivity contribution >= 4 is 56.7 Å². The van der Waals surface area contributed by atoms with Crippen molar-refractivity contribution in [2.45, 2.75) is 66.2 Å². The number of rotatable bonds is 0. The molecule has 0 saturated heterocycles. The van der Waals surface area contributed by atoms with Gasteiger partial charge in [0.25, 0.3) is 5.82 Å². The minimum Gasteiger partial charge on any atom is -0.314 e. The van der Waals surface area contributed by atoms with E-state index in [1.807, 2.05) is 0 Å². The number of hydrogen-bond donors (Lipinski definition) is 0. The summed E-state index contributed by atoms with van der Waals surface area (Å²) in [6, 6.07) is 34.7. The number of pyridine rings is 2. The normalized spacial score (nSPS) is 17.1. The van der Waals surface area contributed by atoms with Gasteiger partial charge in [-0.1, -0.05) is 54.6 Å². The lowest BCUT2D eigenvalue weighted by Crippen LogP contribution is -2.08. The van der Waals surface area contributed by atoms with Gasteiger partial charge in [0, 0.05) is 62.6 Å². The van der Waals surface area contributed by atoms with Crippen LogP contribution in [0.1, 0.15) is 74.0 Å². The Hall–Kier alpha value is -5.88. The quantitative estimate of drug-likeness (QED) is 0.139. The van der Waals surface area contributed by atoms with Crippen LogP contribution in [0.5, 0.6) is 0 Å². The zero-order chi connectivity index (χ0) is 38.8. The van der Waals surface area contributed by atoms with Crippen molar-refractivity contribution in [2.75, 3.05) is 28.2 Å². The molecule has 8 heterocycles. The maximum absolute atomic E-state index is 2.36. The first-order valence-electron chi connectivity index (χ1n) is 20.1. The lowest BCUT2D eigenvalue weighted by Gasteiger charge is -2.01. The van der Waals surface area contributed by atoms with E-state index in [0.29, 0.717) is 0 Å². The fourth-order valence-electron chi connectivity index (χ4n) is 9.57. The summed E-state index contributed by atoms with van der Waals surface area (Å²) >= 11 is 0. The Labute approximate surface area is 331 Å². The fraction of sp³-hybridized carbons (Fsp3) is 0.280. The summed E-state index contributed by atoms with van der Waals surface area (Å²) in [5.74, 6) is 1.33. The maximum Gasteiger partial charge on any atom is 0.290 e. The first-order chi connectivity index (χ1) is 27.1. The number of benzene rings is 2. The molecule has 0 fully saturated rings. The van der Waals surface area contributed by atoms with E-state index in [0.717, 1.165) is 32.1 Å². The van der Waals surface area contributed by atoms with Crippen LogP contribution >= 0.6 is 0 Å². The predicted octanol–water partition coefficient (Wildman–Crippen LogP) is 9.38. The van der Waals surface area contributed by atoms with Crippen LogP contribution in [-0.2, 0) is 25.7 Å². The minimum absolute atomic E-state index is 1.07. The van der Waals surface area contributed by atoms with E-state index >= 15 is 0 Å². The van der Waals surface area contributed by atoms with E-state index in [9.17, 15) is 0 Å². The summed E-state index contributed by atoms with van der Waals surface area (Å²) in [5, 5.41) is 0. The molecule has 0 spiro atoms. The molecule has 6 nitrogen and oxygen atoms in total. The first-order valence-corrected chi connectivity index (χ1v) is 20.1. The van der Waals surface area contributed by atoms with Crippen LogP contribution in [0, 0.1) is 0 Å². The molecule has 2 aromatic carbocycles. The van der Waals surface area contributed by atoms with Crippen molar-refractivity contribution < 1.29 is 18.3 Å². The Morgan fingerprint density at radius 2 is 1.05 bits per heavy atom. The van der Waals surface area contributed by atoms with Crippen LogP contribution < -0.4 is 0 Å². The summed E-state index contributed by atoms with van der Waals surface area (Å²) in [7, 11) is 8.64. The van der Waals surface area contributed by atoms with Crippen molar-refractivity contribution in [3.05, 3.63) is 154 Å². The number of allylic oxidation sites excluding steroid dienone is 3. The third-order valence-electron chi connectivity index (χ3n) is 13.0. The molecular weight excluding hydrogens is 685 g/mol. The van der Waals surface area contributed by atoms with Gasteiger partial charge in [0.1, 0.15) is 32.4 Å². The van der Waals surface area contributed by atoms with Crippen molar-refractivity contribution in [3.8, 4) is 0 Å². The summed E-state index contributed by atoms with van der Waals surface area (Å²) in [5.41, 5.74) is 24.7. The molecule has 6 aliphatic rings. The van der Waals surface area contributed by atoms with Crippen LogP contribution in [0.4, 0.5) is 11.5 Å². The van der Waals surface area contributed by atoms with E-state index < -0.39 is 0 Å². The first kappa shape index (κ1) is 35.8. The summed E-state index contributed by atoms with van der Waals surface area (Å²) in [4.78, 5) is 0. The van der Waals surface area contributed by atoms with Crippen molar-refractivity contribution in [2.24, 2.45) is 0 Å². The highest BCUT2D eigenvalue weighted by Gasteiger charge is 2.36. The molecule has 6 aromatic rings. The average Bonchev–Trinajstić information content (AvgIpc) is 4.08. The van der Waals surface area contributed by atoms with E-state index in [2.05, 4.69) is 192 Å². The Morgan fingerprint density at radius 1 is 0.464 bits per heavy atom. The standard InChI is InChI=1S/2C13H14N.2C12H13N2/c1-9-7-11-8-10-5-3-4-6-12(10)13(11)14(9)2;1-9-7-12-11-6-4-3-5-10(11)8-13(12)14(9)2;1-9-7-10-8-11-5-3-4-6-14(11)12(10)13(9)2;1-9-7-12-11(13(9)2)8-10-5-3-4-6-14(10)12/h2*3-6H,7-8H2,1-2H3;2*3-6,8H,7H2,1-2H3/q4*+1. The molecule has 0 unspecified atom stereocenters. The van der Waals surface area contributed by atoms with E-state index in [1.54, 1.807) is 11.1 Å². The third-order valence-corrected chi connectivity index (χ3v) is 13.0. The third kappa shape index (κ3) is 5.94. The summed E-state index contributed by atoms with van der Waals surface area (Å²) < 4.78 is 13.8. The molecule has 0 amide bonds. The van der Waals surface area contributed by atoms with Crippen molar-refractivity contribution in [1.82, 2.24) is 8.80 Å². The van der Waals surface area contributed by atoms with Gasteiger partial charge in [-0.05, 0) is 60.0 Å². The van der Waals surface area contributed by atoms with Crippen LogP contribution in [0.3, 0.4) is 0 Å². The second kappa shape index (κ2) is 14.0. The van der Waals surface area contributed by atoms with Gasteiger partial charge in [-0.15, -0.1) is 0 Å². The van der Waals surface area contributed by atoms with Gasteiger partial charge in [0.15, 0.2) is 22.8 Å². The Morgan fingerprint density at radius 3 is 1.80 bits per heavy atom. The predicted molar refractivity (Wildman–Crippen MR) is 232 cm³/mol. The molecular formula is C50H54N6+4. The highest BCUT2D eigenvalue weighted by molar-refractivity contribution is 5.95. The van der Waals surface area contributed by atoms with E-state index in [-0.39, 0.29) is 0 Å². The van der Waals surface area contributed by atoms with E-state index in [1.165, 1.54) is 96.7 Å². The van der Waals surface area contributed by atoms with Gasteiger partial charge < -0.3 is 4.40 Å². The Kier molecular flexibility index (Phi) is 8.95. The fourth-order valence-corrected chi connectivity index (χ4v) is 9.57. The second-order valence-electron chi connectivity index (χ2n) is 16.4. The number of hydrogen-bond acceptors (Lipinski definition) is 0. The van der Waals surface area contributed by atoms with Crippen LogP contribution in [-0.4, -0.2) is 78.1 Å². The summed E-state index contributed by atoms with van der Waals surface area (Å²) in [6.45, 7) is 8.83.